The Balaban J connectivity index is 2.79. The van der Waals surface area contributed by atoms with Crippen LogP contribution in [0.15, 0.2) is 48.5 Å². The molecule has 23 heavy (non-hydrogen) atoms. The fourth-order valence-electron chi connectivity index (χ4n) is 2.14. The Morgan fingerprint density at radius 2 is 1.00 bits per heavy atom. The van der Waals surface area contributed by atoms with E-state index in [-0.39, 0.29) is 0 Å². The van der Waals surface area contributed by atoms with Gasteiger partial charge in [-0.2, -0.15) is 22.0 Å². The van der Waals surface area contributed by atoms with Crippen molar-refractivity contribution in [1.29, 1.82) is 0 Å². The minimum Gasteiger partial charge on any atom is -0.221 e. The van der Waals surface area contributed by atoms with Gasteiger partial charge in [0.2, 0.25) is 0 Å². The predicted octanol–water partition coefficient (Wildman–Crippen LogP) is 6.51. The van der Waals surface area contributed by atoms with Gasteiger partial charge in [-0.3, -0.25) is 0 Å². The molecule has 1 unspecified atom stereocenters. The lowest BCUT2D eigenvalue weighted by Crippen LogP contribution is -2.51. The third-order valence-electron chi connectivity index (χ3n) is 3.28. The summed E-state index contributed by atoms with van der Waals surface area (Å²) in [6.07, 6.45) is -5.93. The molecular formula is C15H8Cl2F6. The molecule has 0 saturated heterocycles. The molecule has 8 heteroatoms. The van der Waals surface area contributed by atoms with Crippen LogP contribution in [-0.2, 0) is 11.6 Å². The molecule has 2 aromatic carbocycles. The lowest BCUT2D eigenvalue weighted by molar-refractivity contribution is -0.314. The van der Waals surface area contributed by atoms with E-state index in [1.807, 2.05) is 0 Å². The van der Waals surface area contributed by atoms with E-state index in [0.717, 1.165) is 24.3 Å². The maximum absolute atomic E-state index is 14.9. The van der Waals surface area contributed by atoms with Crippen LogP contribution in [0.25, 0.3) is 0 Å². The molecule has 0 aliphatic heterocycles. The van der Waals surface area contributed by atoms with Crippen LogP contribution in [0.3, 0.4) is 0 Å². The van der Waals surface area contributed by atoms with Crippen LogP contribution in [0.2, 0.25) is 10.0 Å². The largest absolute Gasteiger partial charge is 0.433 e. The van der Waals surface area contributed by atoms with Crippen LogP contribution in [0.5, 0.6) is 0 Å². The summed E-state index contributed by atoms with van der Waals surface area (Å²) in [7, 11) is 0. The summed E-state index contributed by atoms with van der Waals surface area (Å²) in [6, 6.07) is 7.54. The molecule has 0 radical (unpaired) electrons. The second kappa shape index (κ2) is 5.91. The Hall–Kier alpha value is -1.40. The van der Waals surface area contributed by atoms with Gasteiger partial charge >= 0.3 is 12.1 Å². The van der Waals surface area contributed by atoms with Crippen molar-refractivity contribution in [1.82, 2.24) is 0 Å². The maximum Gasteiger partial charge on any atom is 0.433 e. The Bertz CT molecular complexity index is 713. The highest BCUT2D eigenvalue weighted by Gasteiger charge is 2.73. The number of rotatable bonds is 3. The van der Waals surface area contributed by atoms with Gasteiger partial charge in [0.15, 0.2) is 0 Å². The monoisotopic (exact) mass is 372 g/mol. The molecule has 0 saturated carbocycles. The number of hydrogen-bond donors (Lipinski definition) is 0. The van der Waals surface area contributed by atoms with Crippen molar-refractivity contribution in [2.24, 2.45) is 0 Å². The Kier molecular flexibility index (Phi) is 4.61. The maximum atomic E-state index is 14.9. The SMILES string of the molecule is FC(F)(F)C(F)(c1ccccc1Cl)C(F)(F)c1ccccc1Cl. The van der Waals surface area contributed by atoms with E-state index in [9.17, 15) is 26.3 Å². The Labute approximate surface area is 137 Å². The Morgan fingerprint density at radius 3 is 1.39 bits per heavy atom. The van der Waals surface area contributed by atoms with Crippen molar-refractivity contribution in [2.45, 2.75) is 17.8 Å². The number of alkyl halides is 6. The van der Waals surface area contributed by atoms with Gasteiger partial charge in [-0.25, -0.2) is 4.39 Å². The van der Waals surface area contributed by atoms with Crippen molar-refractivity contribution in [3.63, 3.8) is 0 Å². The summed E-state index contributed by atoms with van der Waals surface area (Å²) >= 11 is 11.1. The summed E-state index contributed by atoms with van der Waals surface area (Å²) in [4.78, 5) is 0. The van der Waals surface area contributed by atoms with E-state index >= 15 is 0 Å². The first-order chi connectivity index (χ1) is 10.5. The predicted molar refractivity (Wildman–Crippen MR) is 75.6 cm³/mol. The van der Waals surface area contributed by atoms with Crippen molar-refractivity contribution in [2.75, 3.05) is 0 Å². The van der Waals surface area contributed by atoms with Crippen LogP contribution in [0, 0.1) is 0 Å². The molecular weight excluding hydrogens is 365 g/mol. The van der Waals surface area contributed by atoms with E-state index in [0.29, 0.717) is 12.1 Å². The third-order valence-corrected chi connectivity index (χ3v) is 3.94. The summed E-state index contributed by atoms with van der Waals surface area (Å²) in [5.74, 6) is -4.99. The lowest BCUT2D eigenvalue weighted by Gasteiger charge is -2.36. The molecule has 0 spiro atoms. The third kappa shape index (κ3) is 2.78. The fourth-order valence-corrected chi connectivity index (χ4v) is 2.66. The fraction of sp³-hybridized carbons (Fsp3) is 0.200. The van der Waals surface area contributed by atoms with Crippen molar-refractivity contribution in [3.05, 3.63) is 69.7 Å². The van der Waals surface area contributed by atoms with Gasteiger partial charge in [0, 0.05) is 21.2 Å². The molecule has 124 valence electrons. The second-order valence-corrected chi connectivity index (χ2v) is 5.50. The zero-order valence-electron chi connectivity index (χ0n) is 11.1. The van der Waals surface area contributed by atoms with Crippen LogP contribution in [0.1, 0.15) is 11.1 Å². The summed E-state index contributed by atoms with van der Waals surface area (Å²) < 4.78 is 84.1. The van der Waals surface area contributed by atoms with Crippen molar-refractivity contribution in [3.8, 4) is 0 Å². The molecule has 0 heterocycles. The van der Waals surface area contributed by atoms with Crippen LogP contribution in [-0.4, -0.2) is 6.18 Å². The molecule has 0 N–H and O–H groups in total. The summed E-state index contributed by atoms with van der Waals surface area (Å²) in [6.45, 7) is 0. The smallest absolute Gasteiger partial charge is 0.221 e. The lowest BCUT2D eigenvalue weighted by atomic mass is 9.84. The first-order valence-corrected chi connectivity index (χ1v) is 6.92. The van der Waals surface area contributed by atoms with Gasteiger partial charge in [-0.1, -0.05) is 59.6 Å². The van der Waals surface area contributed by atoms with Gasteiger partial charge in [-0.05, 0) is 12.1 Å². The minimum absolute atomic E-state index is 0.570. The van der Waals surface area contributed by atoms with Gasteiger partial charge in [0.1, 0.15) is 0 Å². The molecule has 2 rings (SSSR count). The van der Waals surface area contributed by atoms with Gasteiger partial charge in [0.05, 0.1) is 0 Å². The molecule has 0 bridgehead atoms. The average molecular weight is 373 g/mol. The molecule has 1 atom stereocenters. The molecule has 0 amide bonds. The standard InChI is InChI=1S/C15H8Cl2F6/c16-11-7-3-1-5-9(11)13(18,15(21,22)23)14(19,20)10-6-2-4-8-12(10)17/h1-8H. The highest BCUT2D eigenvalue weighted by atomic mass is 35.5. The molecule has 0 fully saturated rings. The van der Waals surface area contributed by atoms with Gasteiger partial charge in [-0.15, -0.1) is 0 Å². The van der Waals surface area contributed by atoms with Gasteiger partial charge < -0.3 is 0 Å². The molecule has 0 aromatic heterocycles. The van der Waals surface area contributed by atoms with Crippen molar-refractivity contribution >= 4 is 23.2 Å². The molecule has 0 nitrogen and oxygen atoms in total. The van der Waals surface area contributed by atoms with E-state index in [1.54, 1.807) is 0 Å². The summed E-state index contributed by atoms with van der Waals surface area (Å²) in [5.41, 5.74) is -7.69. The first-order valence-electron chi connectivity index (χ1n) is 6.17. The highest BCUT2D eigenvalue weighted by Crippen LogP contribution is 2.59. The van der Waals surface area contributed by atoms with Crippen LogP contribution in [0.4, 0.5) is 26.3 Å². The second-order valence-electron chi connectivity index (χ2n) is 4.69. The van der Waals surface area contributed by atoms with E-state index < -0.39 is 38.9 Å². The zero-order chi connectivity index (χ0) is 17.5. The molecule has 0 aliphatic carbocycles. The van der Waals surface area contributed by atoms with Crippen LogP contribution >= 0.6 is 23.2 Å². The Morgan fingerprint density at radius 1 is 0.609 bits per heavy atom. The van der Waals surface area contributed by atoms with Crippen LogP contribution < -0.4 is 0 Å². The average Bonchev–Trinajstić information content (AvgIpc) is 2.46. The van der Waals surface area contributed by atoms with Gasteiger partial charge in [0.25, 0.3) is 5.67 Å². The van der Waals surface area contributed by atoms with Crippen molar-refractivity contribution < 1.29 is 26.3 Å². The highest BCUT2D eigenvalue weighted by molar-refractivity contribution is 6.32. The number of hydrogen-bond acceptors (Lipinski definition) is 0. The zero-order valence-corrected chi connectivity index (χ0v) is 12.7. The quantitative estimate of drug-likeness (QED) is 0.538. The topological polar surface area (TPSA) is 0 Å². The first kappa shape index (κ1) is 17.9. The summed E-state index contributed by atoms with van der Waals surface area (Å²) in [5, 5.41) is -1.45. The van der Waals surface area contributed by atoms with E-state index in [2.05, 4.69) is 0 Å². The minimum atomic E-state index is -5.93. The van der Waals surface area contributed by atoms with E-state index in [4.69, 9.17) is 23.2 Å². The normalized spacial score (nSPS) is 15.3. The van der Waals surface area contributed by atoms with E-state index in [1.165, 1.54) is 12.1 Å². The molecule has 0 aliphatic rings. The number of benzene rings is 2. The molecule has 2 aromatic rings. The number of halogens is 8.